The molecule has 3 aromatic carbocycles. The SMILES string of the molecule is COCCOCC(C)(C)OC(=O)n1c2ccccc2c(=O)c2cc3c(cc21)c(=O)c1ccccc1n3C(=O)OC(C)(C)COCCOC. The number of carbonyl (C=O) groups excluding carboxylic acids is 2. The standard InChI is InChI=1S/C36H40N2O10/c1-35(2,21-45-17-15-43-5)47-33(41)37-27-13-9-7-11-23(27)31(39)25-20-30-26(19-29(25)37)32(40)24-12-8-10-14-28(24)38(30)34(42)48-36(3,4)22-46-18-16-44-6/h7-14,19-20H,15-18,21-22H2,1-6H3. The first-order valence-electron chi connectivity index (χ1n) is 15.5. The van der Waals surface area contributed by atoms with Crippen LogP contribution in [0.5, 0.6) is 0 Å². The third-order valence-corrected chi connectivity index (χ3v) is 7.72. The summed E-state index contributed by atoms with van der Waals surface area (Å²) in [6.45, 7) is 8.41. The number of fused-ring (bicyclic) bond motifs is 4. The molecule has 12 heteroatoms. The van der Waals surface area contributed by atoms with Crippen molar-refractivity contribution in [3.63, 3.8) is 0 Å². The normalized spacial score (nSPS) is 12.3. The number of hydrogen-bond donors (Lipinski definition) is 0. The zero-order valence-corrected chi connectivity index (χ0v) is 28.0. The van der Waals surface area contributed by atoms with Crippen LogP contribution in [0.25, 0.3) is 43.6 Å². The number of pyridine rings is 2. The molecule has 12 nitrogen and oxygen atoms in total. The van der Waals surface area contributed by atoms with E-state index in [9.17, 15) is 19.2 Å². The number of hydrogen-bond acceptors (Lipinski definition) is 10. The van der Waals surface area contributed by atoms with Gasteiger partial charge in [0.15, 0.2) is 10.9 Å². The predicted octanol–water partition coefficient (Wildman–Crippen LogP) is 5.48. The van der Waals surface area contributed by atoms with Gasteiger partial charge in [0.1, 0.15) is 11.2 Å². The zero-order valence-electron chi connectivity index (χ0n) is 28.0. The molecule has 0 unspecified atom stereocenters. The summed E-state index contributed by atoms with van der Waals surface area (Å²) in [5.74, 6) is 0. The molecule has 0 saturated heterocycles. The molecule has 0 aliphatic carbocycles. The molecule has 0 aliphatic heterocycles. The Bertz CT molecular complexity index is 1960. The summed E-state index contributed by atoms with van der Waals surface area (Å²) in [6, 6.07) is 16.2. The molecule has 2 aromatic heterocycles. The van der Waals surface area contributed by atoms with Crippen molar-refractivity contribution in [1.29, 1.82) is 0 Å². The van der Waals surface area contributed by atoms with Crippen molar-refractivity contribution in [2.45, 2.75) is 38.9 Å². The molecular weight excluding hydrogens is 620 g/mol. The second kappa shape index (κ2) is 14.2. The molecule has 0 bridgehead atoms. The Morgan fingerprint density at radius 1 is 0.562 bits per heavy atom. The third kappa shape index (κ3) is 7.12. The highest BCUT2D eigenvalue weighted by Gasteiger charge is 2.29. The van der Waals surface area contributed by atoms with Gasteiger partial charge in [-0.25, -0.2) is 18.7 Å². The minimum Gasteiger partial charge on any atom is -0.440 e. The summed E-state index contributed by atoms with van der Waals surface area (Å²) in [7, 11) is 3.12. The lowest BCUT2D eigenvalue weighted by atomic mass is 10.0. The van der Waals surface area contributed by atoms with Gasteiger partial charge < -0.3 is 28.4 Å². The number of rotatable bonds is 12. The van der Waals surface area contributed by atoms with Gasteiger partial charge in [-0.15, -0.1) is 0 Å². The van der Waals surface area contributed by atoms with Crippen molar-refractivity contribution in [2.75, 3.05) is 53.9 Å². The van der Waals surface area contributed by atoms with Gasteiger partial charge in [0.25, 0.3) is 0 Å². The fourth-order valence-electron chi connectivity index (χ4n) is 5.52. The van der Waals surface area contributed by atoms with Crippen LogP contribution in [0.3, 0.4) is 0 Å². The van der Waals surface area contributed by atoms with Gasteiger partial charge in [0.05, 0.1) is 61.7 Å². The van der Waals surface area contributed by atoms with Crippen LogP contribution in [0, 0.1) is 0 Å². The largest absolute Gasteiger partial charge is 0.440 e. The smallest absolute Gasteiger partial charge is 0.419 e. The average molecular weight is 661 g/mol. The molecular formula is C36H40N2O10. The number of para-hydroxylation sites is 2. The second-order valence-corrected chi connectivity index (χ2v) is 12.6. The van der Waals surface area contributed by atoms with E-state index >= 15 is 0 Å². The zero-order chi connectivity index (χ0) is 34.6. The summed E-state index contributed by atoms with van der Waals surface area (Å²) in [5.41, 5.74) is -1.99. The number of nitrogens with zero attached hydrogens (tertiary/aromatic N) is 2. The van der Waals surface area contributed by atoms with E-state index in [1.54, 1.807) is 90.4 Å². The fourth-order valence-corrected chi connectivity index (χ4v) is 5.52. The molecule has 254 valence electrons. The van der Waals surface area contributed by atoms with Crippen LogP contribution in [-0.4, -0.2) is 86.4 Å². The lowest BCUT2D eigenvalue weighted by molar-refractivity contribution is -0.0418. The Hall–Kier alpha value is -4.62. The predicted molar refractivity (Wildman–Crippen MR) is 182 cm³/mol. The van der Waals surface area contributed by atoms with Crippen LogP contribution in [0.4, 0.5) is 9.59 Å². The van der Waals surface area contributed by atoms with Gasteiger partial charge in [-0.2, -0.15) is 0 Å². The maximum absolute atomic E-state index is 14.0. The van der Waals surface area contributed by atoms with Crippen LogP contribution >= 0.6 is 0 Å². The first-order chi connectivity index (χ1) is 22.9. The van der Waals surface area contributed by atoms with Gasteiger partial charge in [-0.1, -0.05) is 24.3 Å². The van der Waals surface area contributed by atoms with Crippen LogP contribution < -0.4 is 10.9 Å². The number of benzene rings is 3. The minimum absolute atomic E-state index is 0.0909. The fraction of sp³-hybridized carbons (Fsp3) is 0.389. The van der Waals surface area contributed by atoms with E-state index in [2.05, 4.69) is 0 Å². The van der Waals surface area contributed by atoms with E-state index in [1.165, 1.54) is 21.3 Å². The van der Waals surface area contributed by atoms with E-state index in [0.29, 0.717) is 37.5 Å². The number of ether oxygens (including phenoxy) is 6. The Balaban J connectivity index is 1.72. The number of aromatic nitrogens is 2. The minimum atomic E-state index is -1.05. The lowest BCUT2D eigenvalue weighted by Gasteiger charge is -2.27. The highest BCUT2D eigenvalue weighted by atomic mass is 16.6. The molecule has 0 fully saturated rings. The van der Waals surface area contributed by atoms with Crippen molar-refractivity contribution in [3.05, 3.63) is 81.1 Å². The van der Waals surface area contributed by atoms with E-state index < -0.39 is 23.4 Å². The Labute approximate surface area is 276 Å². The Morgan fingerprint density at radius 2 is 0.938 bits per heavy atom. The molecule has 0 aliphatic rings. The van der Waals surface area contributed by atoms with Gasteiger partial charge in [0.2, 0.25) is 0 Å². The first kappa shape index (κ1) is 34.7. The first-order valence-corrected chi connectivity index (χ1v) is 15.5. The molecule has 0 radical (unpaired) electrons. The maximum Gasteiger partial charge on any atom is 0.419 e. The summed E-state index contributed by atoms with van der Waals surface area (Å²) in [4.78, 5) is 55.9. The Kier molecular flexibility index (Phi) is 10.3. The lowest BCUT2D eigenvalue weighted by Crippen LogP contribution is -2.36. The van der Waals surface area contributed by atoms with Gasteiger partial charge >= 0.3 is 12.2 Å². The van der Waals surface area contributed by atoms with Crippen LogP contribution in [0.2, 0.25) is 0 Å². The van der Waals surface area contributed by atoms with Gasteiger partial charge in [0, 0.05) is 35.8 Å². The van der Waals surface area contributed by atoms with Crippen molar-refractivity contribution in [1.82, 2.24) is 9.13 Å². The molecule has 0 amide bonds. The molecule has 0 spiro atoms. The highest BCUT2D eigenvalue weighted by molar-refractivity contribution is 6.09. The molecule has 48 heavy (non-hydrogen) atoms. The van der Waals surface area contributed by atoms with E-state index in [0.717, 1.165) is 0 Å². The van der Waals surface area contributed by atoms with Gasteiger partial charge in [-0.3, -0.25) is 9.59 Å². The van der Waals surface area contributed by atoms with Crippen molar-refractivity contribution in [2.24, 2.45) is 0 Å². The average Bonchev–Trinajstić information content (AvgIpc) is 3.04. The number of carbonyl (C=O) groups is 2. The van der Waals surface area contributed by atoms with Crippen molar-refractivity contribution in [3.8, 4) is 0 Å². The third-order valence-electron chi connectivity index (χ3n) is 7.72. The topological polar surface area (TPSA) is 134 Å². The molecule has 5 aromatic rings. The second-order valence-electron chi connectivity index (χ2n) is 12.6. The van der Waals surface area contributed by atoms with E-state index in [4.69, 9.17) is 28.4 Å². The molecule has 0 N–H and O–H groups in total. The van der Waals surface area contributed by atoms with E-state index in [1.807, 2.05) is 0 Å². The quantitative estimate of drug-likeness (QED) is 0.125. The highest BCUT2D eigenvalue weighted by Crippen LogP contribution is 2.28. The van der Waals surface area contributed by atoms with E-state index in [-0.39, 0.29) is 56.6 Å². The summed E-state index contributed by atoms with van der Waals surface area (Å²) in [6.07, 6.45) is -1.54. The monoisotopic (exact) mass is 660 g/mol. The summed E-state index contributed by atoms with van der Waals surface area (Å²) >= 11 is 0. The maximum atomic E-state index is 14.0. The van der Waals surface area contributed by atoms with Gasteiger partial charge in [-0.05, 0) is 64.1 Å². The van der Waals surface area contributed by atoms with Crippen LogP contribution in [0.1, 0.15) is 27.7 Å². The summed E-state index contributed by atoms with van der Waals surface area (Å²) in [5, 5.41) is 0.709. The molecule has 0 atom stereocenters. The summed E-state index contributed by atoms with van der Waals surface area (Å²) < 4.78 is 35.7. The molecule has 5 rings (SSSR count). The number of methoxy groups -OCH3 is 2. The van der Waals surface area contributed by atoms with Crippen LogP contribution in [0.15, 0.2) is 70.3 Å². The van der Waals surface area contributed by atoms with Crippen molar-refractivity contribution < 1.29 is 38.0 Å². The Morgan fingerprint density at radius 3 is 1.31 bits per heavy atom. The van der Waals surface area contributed by atoms with Crippen molar-refractivity contribution >= 4 is 55.8 Å². The molecule has 0 saturated carbocycles. The molecule has 2 heterocycles. The van der Waals surface area contributed by atoms with Crippen LogP contribution in [-0.2, 0) is 28.4 Å².